The first kappa shape index (κ1) is 21.3. The summed E-state index contributed by atoms with van der Waals surface area (Å²) in [5, 5.41) is 3.46. The van der Waals surface area contributed by atoms with Crippen molar-refractivity contribution in [2.24, 2.45) is 5.92 Å². The fourth-order valence-electron chi connectivity index (χ4n) is 2.20. The van der Waals surface area contributed by atoms with Crippen LogP contribution in [0.1, 0.15) is 36.2 Å². The van der Waals surface area contributed by atoms with Crippen LogP contribution in [0.5, 0.6) is 0 Å². The first-order valence-electron chi connectivity index (χ1n) is 8.85. The minimum absolute atomic E-state index is 0.259. The Bertz CT molecular complexity index is 745. The van der Waals surface area contributed by atoms with Gasteiger partial charge in [0.1, 0.15) is 0 Å². The zero-order valence-corrected chi connectivity index (χ0v) is 17.1. The van der Waals surface area contributed by atoms with Crippen molar-refractivity contribution in [3.05, 3.63) is 64.7 Å². The maximum Gasteiger partial charge on any atom is 0.338 e. The van der Waals surface area contributed by atoms with Crippen molar-refractivity contribution < 1.29 is 14.3 Å². The third-order valence-corrected chi connectivity index (χ3v) is 5.12. The van der Waals surface area contributed by atoms with E-state index in [0.29, 0.717) is 18.0 Å². The highest BCUT2D eigenvalue weighted by atomic mass is 35.5. The number of carbonyl (C=O) groups excluding carboxylic acids is 2. The number of thioether (sulfide) groups is 1. The maximum absolute atomic E-state index is 12.0. The minimum atomic E-state index is -0.495. The molecule has 1 N–H and O–H groups in total. The Morgan fingerprint density at radius 2 is 1.74 bits per heavy atom. The summed E-state index contributed by atoms with van der Waals surface area (Å²) < 4.78 is 5.06. The first-order valence-corrected chi connectivity index (χ1v) is 10.2. The third kappa shape index (κ3) is 8.06. The average Bonchev–Trinajstić information content (AvgIpc) is 2.66. The lowest BCUT2D eigenvalue weighted by Gasteiger charge is -2.08. The molecule has 144 valence electrons. The van der Waals surface area contributed by atoms with E-state index in [2.05, 4.69) is 19.2 Å². The summed E-state index contributed by atoms with van der Waals surface area (Å²) in [5.74, 6) is 0.532. The zero-order chi connectivity index (χ0) is 19.6. The van der Waals surface area contributed by atoms with E-state index in [1.165, 1.54) is 0 Å². The number of halogens is 1. The fourth-order valence-corrected chi connectivity index (χ4v) is 3.18. The van der Waals surface area contributed by atoms with E-state index in [-0.39, 0.29) is 12.5 Å². The summed E-state index contributed by atoms with van der Waals surface area (Å²) in [6.45, 7) is 4.51. The van der Waals surface area contributed by atoms with Crippen molar-refractivity contribution >= 4 is 35.2 Å². The molecule has 0 saturated carbocycles. The van der Waals surface area contributed by atoms with E-state index >= 15 is 0 Å². The molecule has 2 aromatic carbocycles. The van der Waals surface area contributed by atoms with Crippen LogP contribution < -0.4 is 5.32 Å². The molecule has 0 radical (unpaired) electrons. The Morgan fingerprint density at radius 3 is 2.37 bits per heavy atom. The largest absolute Gasteiger partial charge is 0.452 e. The molecule has 0 aliphatic rings. The van der Waals surface area contributed by atoms with Crippen molar-refractivity contribution in [3.8, 4) is 0 Å². The number of benzene rings is 2. The molecule has 1 amide bonds. The molecule has 0 bridgehead atoms. The molecule has 0 aliphatic carbocycles. The summed E-state index contributed by atoms with van der Waals surface area (Å²) in [5.41, 5.74) is 1.53. The Labute approximate surface area is 169 Å². The van der Waals surface area contributed by atoms with Gasteiger partial charge in [-0.3, -0.25) is 4.79 Å². The molecule has 0 spiro atoms. The molecular formula is C21H24ClNO3S. The molecule has 0 heterocycles. The van der Waals surface area contributed by atoms with Crippen LogP contribution in [0.3, 0.4) is 0 Å². The molecule has 0 saturated heterocycles. The van der Waals surface area contributed by atoms with E-state index in [9.17, 15) is 9.59 Å². The monoisotopic (exact) mass is 405 g/mol. The number of hydrogen-bond acceptors (Lipinski definition) is 4. The first-order chi connectivity index (χ1) is 12.9. The summed E-state index contributed by atoms with van der Waals surface area (Å²) >= 11 is 7.57. The van der Waals surface area contributed by atoms with Gasteiger partial charge in [0.15, 0.2) is 6.61 Å². The Hall–Kier alpha value is -1.98. The van der Waals surface area contributed by atoms with Crippen molar-refractivity contribution in [1.82, 2.24) is 5.32 Å². The molecular weight excluding hydrogens is 382 g/mol. The Morgan fingerprint density at radius 1 is 1.07 bits per heavy atom. The molecule has 0 atom stereocenters. The number of hydrogen-bond donors (Lipinski definition) is 1. The van der Waals surface area contributed by atoms with E-state index in [0.717, 1.165) is 27.7 Å². The summed E-state index contributed by atoms with van der Waals surface area (Å²) in [4.78, 5) is 24.8. The quantitative estimate of drug-likeness (QED) is 0.473. The average molecular weight is 406 g/mol. The van der Waals surface area contributed by atoms with Crippen LogP contribution in [-0.2, 0) is 15.3 Å². The van der Waals surface area contributed by atoms with Crippen molar-refractivity contribution in [2.45, 2.75) is 30.9 Å². The van der Waals surface area contributed by atoms with Gasteiger partial charge in [-0.05, 0) is 54.3 Å². The number of ether oxygens (including phenoxy) is 1. The van der Waals surface area contributed by atoms with Crippen LogP contribution >= 0.6 is 23.4 Å². The van der Waals surface area contributed by atoms with Crippen LogP contribution in [0, 0.1) is 5.92 Å². The number of nitrogens with one attached hydrogen (secondary N) is 1. The topological polar surface area (TPSA) is 55.4 Å². The second-order valence-electron chi connectivity index (χ2n) is 6.55. The van der Waals surface area contributed by atoms with Gasteiger partial charge in [-0.1, -0.05) is 37.6 Å². The lowest BCUT2D eigenvalue weighted by molar-refractivity contribution is -0.124. The van der Waals surface area contributed by atoms with Crippen molar-refractivity contribution in [3.63, 3.8) is 0 Å². The molecule has 0 fully saturated rings. The van der Waals surface area contributed by atoms with E-state index < -0.39 is 5.97 Å². The number of esters is 1. The van der Waals surface area contributed by atoms with E-state index in [1.54, 1.807) is 23.9 Å². The lowest BCUT2D eigenvalue weighted by Crippen LogP contribution is -2.30. The maximum atomic E-state index is 12.0. The van der Waals surface area contributed by atoms with Crippen LogP contribution in [0.4, 0.5) is 0 Å². The molecule has 2 aromatic rings. The smallest absolute Gasteiger partial charge is 0.338 e. The highest BCUT2D eigenvalue weighted by Gasteiger charge is 2.10. The molecule has 27 heavy (non-hydrogen) atoms. The number of rotatable bonds is 9. The summed E-state index contributed by atoms with van der Waals surface area (Å²) in [7, 11) is 0. The molecule has 6 heteroatoms. The van der Waals surface area contributed by atoms with Gasteiger partial charge in [0.25, 0.3) is 5.91 Å². The molecule has 4 nitrogen and oxygen atoms in total. The summed E-state index contributed by atoms with van der Waals surface area (Å²) in [6, 6.07) is 14.9. The molecule has 0 aliphatic heterocycles. The predicted octanol–water partition coefficient (Wildman–Crippen LogP) is 4.95. The van der Waals surface area contributed by atoms with Gasteiger partial charge in [0.05, 0.1) is 5.56 Å². The highest BCUT2D eigenvalue weighted by molar-refractivity contribution is 7.98. The SMILES string of the molecule is CC(C)CCNC(=O)COC(=O)c1ccc(CSc2ccc(Cl)cc2)cc1. The zero-order valence-electron chi connectivity index (χ0n) is 15.5. The van der Waals surface area contributed by atoms with Crippen LogP contribution in [0.15, 0.2) is 53.4 Å². The van der Waals surface area contributed by atoms with Gasteiger partial charge in [-0.15, -0.1) is 11.8 Å². The normalized spacial score (nSPS) is 10.7. The highest BCUT2D eigenvalue weighted by Crippen LogP contribution is 2.24. The predicted molar refractivity (Wildman–Crippen MR) is 110 cm³/mol. The van der Waals surface area contributed by atoms with Gasteiger partial charge in [-0.25, -0.2) is 4.79 Å². The standard InChI is InChI=1S/C21H24ClNO3S/c1-15(2)11-12-23-20(24)13-26-21(25)17-5-3-16(4-6-17)14-27-19-9-7-18(22)8-10-19/h3-10,15H,11-14H2,1-2H3,(H,23,24). The number of carbonyl (C=O) groups is 2. The minimum Gasteiger partial charge on any atom is -0.452 e. The second-order valence-corrected chi connectivity index (χ2v) is 8.03. The van der Waals surface area contributed by atoms with Crippen molar-refractivity contribution in [1.29, 1.82) is 0 Å². The second kappa shape index (κ2) is 11.0. The third-order valence-electron chi connectivity index (χ3n) is 3.79. The van der Waals surface area contributed by atoms with E-state index in [4.69, 9.17) is 16.3 Å². The van der Waals surface area contributed by atoms with Crippen LogP contribution in [0.25, 0.3) is 0 Å². The van der Waals surface area contributed by atoms with Gasteiger partial charge in [-0.2, -0.15) is 0 Å². The molecule has 0 unspecified atom stereocenters. The molecule has 0 aromatic heterocycles. The summed E-state index contributed by atoms with van der Waals surface area (Å²) in [6.07, 6.45) is 0.898. The van der Waals surface area contributed by atoms with Crippen molar-refractivity contribution in [2.75, 3.05) is 13.2 Å². The van der Waals surface area contributed by atoms with Crippen LogP contribution in [0.2, 0.25) is 5.02 Å². The van der Waals surface area contributed by atoms with Gasteiger partial charge < -0.3 is 10.1 Å². The fraction of sp³-hybridized carbons (Fsp3) is 0.333. The Kier molecular flexibility index (Phi) is 8.69. The van der Waals surface area contributed by atoms with Gasteiger partial charge in [0, 0.05) is 22.2 Å². The lowest BCUT2D eigenvalue weighted by atomic mass is 10.1. The Balaban J connectivity index is 1.75. The van der Waals surface area contributed by atoms with Gasteiger partial charge in [0.2, 0.25) is 0 Å². The van der Waals surface area contributed by atoms with E-state index in [1.807, 2.05) is 36.4 Å². The molecule has 2 rings (SSSR count). The van der Waals surface area contributed by atoms with Crippen LogP contribution in [-0.4, -0.2) is 25.0 Å². The van der Waals surface area contributed by atoms with Gasteiger partial charge >= 0.3 is 5.97 Å². The number of amides is 1.